The Morgan fingerprint density at radius 2 is 2.07 bits per heavy atom. The Kier molecular flexibility index (Phi) is 6.26. The smallest absolute Gasteiger partial charge is 0.317 e. The Balaban J connectivity index is 1.95. The van der Waals surface area contributed by atoms with Gasteiger partial charge in [-0.2, -0.15) is 15.1 Å². The first-order valence-corrected chi connectivity index (χ1v) is 9.40. The molecule has 30 heavy (non-hydrogen) atoms. The minimum absolute atomic E-state index is 0.00706. The third-order valence-corrected chi connectivity index (χ3v) is 4.65. The van der Waals surface area contributed by atoms with Gasteiger partial charge in [0.2, 0.25) is 0 Å². The number of hydrogen-bond donors (Lipinski definition) is 3. The maximum atomic E-state index is 12.9. The highest BCUT2D eigenvalue weighted by Gasteiger charge is 2.21. The Morgan fingerprint density at radius 3 is 2.70 bits per heavy atom. The van der Waals surface area contributed by atoms with E-state index in [1.54, 1.807) is 37.8 Å². The van der Waals surface area contributed by atoms with E-state index >= 15 is 0 Å². The topological polar surface area (TPSA) is 135 Å². The minimum Gasteiger partial charge on any atom is -0.461 e. The van der Waals surface area contributed by atoms with Crippen LogP contribution in [0, 0.1) is 20.8 Å². The van der Waals surface area contributed by atoms with Crippen LogP contribution in [0.1, 0.15) is 32.9 Å². The summed E-state index contributed by atoms with van der Waals surface area (Å²) < 4.78 is 6.98. The first-order valence-electron chi connectivity index (χ1n) is 9.40. The summed E-state index contributed by atoms with van der Waals surface area (Å²) in [6.45, 7) is 5.19. The Morgan fingerprint density at radius 1 is 1.30 bits per heavy atom. The number of amides is 1. The van der Waals surface area contributed by atoms with E-state index in [0.717, 1.165) is 11.3 Å². The molecule has 3 N–H and O–H groups in total. The van der Waals surface area contributed by atoms with Crippen LogP contribution in [-0.2, 0) is 13.6 Å². The van der Waals surface area contributed by atoms with Gasteiger partial charge in [0.15, 0.2) is 0 Å². The second kappa shape index (κ2) is 8.87. The number of aliphatic hydroxyl groups is 1. The number of nitrogens with zero attached hydrogens (tertiary/aromatic N) is 4. The number of carbonyl (C=O) groups is 1. The molecule has 0 fully saturated rings. The number of aromatic amines is 1. The van der Waals surface area contributed by atoms with Crippen LogP contribution in [0.3, 0.4) is 0 Å². The molecule has 10 heteroatoms. The summed E-state index contributed by atoms with van der Waals surface area (Å²) >= 11 is 0. The fraction of sp³-hybridized carbons (Fsp3) is 0.350. The van der Waals surface area contributed by atoms with Crippen molar-refractivity contribution in [2.75, 3.05) is 13.2 Å². The quantitative estimate of drug-likeness (QED) is 0.522. The van der Waals surface area contributed by atoms with E-state index in [4.69, 9.17) is 9.84 Å². The van der Waals surface area contributed by atoms with E-state index in [1.807, 2.05) is 13.0 Å². The number of hydrogen-bond acceptors (Lipinski definition) is 7. The Bertz CT molecular complexity index is 1130. The zero-order valence-corrected chi connectivity index (χ0v) is 17.3. The van der Waals surface area contributed by atoms with Gasteiger partial charge in [0.25, 0.3) is 11.5 Å². The molecule has 10 nitrogen and oxygen atoms in total. The lowest BCUT2D eigenvalue weighted by atomic mass is 10.1. The summed E-state index contributed by atoms with van der Waals surface area (Å²) in [6, 6.07) is 3.59. The van der Waals surface area contributed by atoms with E-state index in [9.17, 15) is 9.59 Å². The number of aryl methyl sites for hydroxylation is 3. The van der Waals surface area contributed by atoms with Crippen molar-refractivity contribution in [2.45, 2.75) is 27.3 Å². The largest absolute Gasteiger partial charge is 0.461 e. The number of H-pyrrole nitrogens is 1. The summed E-state index contributed by atoms with van der Waals surface area (Å²) in [7, 11) is 1.76. The van der Waals surface area contributed by atoms with Crippen LogP contribution in [0.4, 0.5) is 0 Å². The van der Waals surface area contributed by atoms with Gasteiger partial charge in [-0.3, -0.25) is 14.3 Å². The first-order chi connectivity index (χ1) is 14.3. The second-order valence-electron chi connectivity index (χ2n) is 6.87. The number of carbonyl (C=O) groups excluding carboxylic acids is 1. The van der Waals surface area contributed by atoms with Gasteiger partial charge < -0.3 is 20.1 Å². The molecule has 3 aromatic rings. The molecule has 0 atom stereocenters. The molecule has 0 saturated carbocycles. The van der Waals surface area contributed by atoms with Crippen molar-refractivity contribution in [1.82, 2.24) is 30.0 Å². The third-order valence-electron chi connectivity index (χ3n) is 4.65. The summed E-state index contributed by atoms with van der Waals surface area (Å²) in [5, 5.41) is 15.9. The van der Waals surface area contributed by atoms with Gasteiger partial charge in [0.05, 0.1) is 18.0 Å². The van der Waals surface area contributed by atoms with Crippen LogP contribution < -0.4 is 15.6 Å². The maximum Gasteiger partial charge on any atom is 0.317 e. The van der Waals surface area contributed by atoms with E-state index in [0.29, 0.717) is 22.5 Å². The average Bonchev–Trinajstić information content (AvgIpc) is 3.11. The average molecular weight is 412 g/mol. The van der Waals surface area contributed by atoms with Gasteiger partial charge in [-0.05, 0) is 38.5 Å². The lowest BCUT2D eigenvalue weighted by molar-refractivity contribution is 0.0943. The predicted octanol–water partition coefficient (Wildman–Crippen LogP) is 0.792. The summed E-state index contributed by atoms with van der Waals surface area (Å²) in [4.78, 5) is 36.4. The molecular weight excluding hydrogens is 388 g/mol. The van der Waals surface area contributed by atoms with E-state index in [1.165, 1.54) is 0 Å². The van der Waals surface area contributed by atoms with E-state index in [2.05, 4.69) is 25.4 Å². The van der Waals surface area contributed by atoms with Gasteiger partial charge >= 0.3 is 6.01 Å². The third kappa shape index (κ3) is 4.38. The highest BCUT2D eigenvalue weighted by atomic mass is 16.5. The standard InChI is InChI=1S/C20H24N6O4/c1-11-9-12(2)23-18(28)14(11)10-21-19(29)17-13(3)16(15-5-6-22-26(15)4)24-20(25-17)30-8-7-27/h5-6,9,27H,7-8,10H2,1-4H3,(H,21,29)(H,23,28). The molecule has 0 saturated heterocycles. The fourth-order valence-corrected chi connectivity index (χ4v) is 3.13. The molecule has 3 rings (SSSR count). The molecule has 0 aliphatic rings. The highest BCUT2D eigenvalue weighted by Crippen LogP contribution is 2.24. The van der Waals surface area contributed by atoms with Gasteiger partial charge in [-0.25, -0.2) is 0 Å². The molecule has 0 aromatic carbocycles. The van der Waals surface area contributed by atoms with Crippen molar-refractivity contribution >= 4 is 5.91 Å². The van der Waals surface area contributed by atoms with Gasteiger partial charge in [-0.1, -0.05) is 0 Å². The molecule has 0 bridgehead atoms. The molecule has 3 aromatic heterocycles. The molecule has 0 radical (unpaired) electrons. The highest BCUT2D eigenvalue weighted by molar-refractivity contribution is 5.95. The van der Waals surface area contributed by atoms with Crippen molar-refractivity contribution < 1.29 is 14.6 Å². The van der Waals surface area contributed by atoms with Crippen LogP contribution in [0.2, 0.25) is 0 Å². The fourth-order valence-electron chi connectivity index (χ4n) is 3.13. The minimum atomic E-state index is -0.466. The lowest BCUT2D eigenvalue weighted by Gasteiger charge is -2.13. The van der Waals surface area contributed by atoms with Crippen LogP contribution in [-0.4, -0.2) is 49.0 Å². The van der Waals surface area contributed by atoms with Crippen LogP contribution in [0.25, 0.3) is 11.4 Å². The van der Waals surface area contributed by atoms with Crippen molar-refractivity contribution in [3.8, 4) is 17.4 Å². The first kappa shape index (κ1) is 21.2. The van der Waals surface area contributed by atoms with E-state index in [-0.39, 0.29) is 37.0 Å². The van der Waals surface area contributed by atoms with Crippen molar-refractivity contribution in [1.29, 1.82) is 0 Å². The number of ether oxygens (including phenoxy) is 1. The summed E-state index contributed by atoms with van der Waals surface area (Å²) in [6.07, 6.45) is 1.62. The molecule has 3 heterocycles. The SMILES string of the molecule is Cc1cc(C)c(CNC(=O)c2nc(OCCO)nc(-c3ccnn3C)c2C)c(=O)[nH]1. The second-order valence-corrected chi connectivity index (χ2v) is 6.87. The van der Waals surface area contributed by atoms with Crippen molar-refractivity contribution in [3.05, 3.63) is 56.8 Å². The Hall–Kier alpha value is -3.53. The maximum absolute atomic E-state index is 12.9. The summed E-state index contributed by atoms with van der Waals surface area (Å²) in [5.41, 5.74) is 3.62. The van der Waals surface area contributed by atoms with Crippen LogP contribution >= 0.6 is 0 Å². The summed E-state index contributed by atoms with van der Waals surface area (Å²) in [5.74, 6) is -0.466. The van der Waals surface area contributed by atoms with E-state index < -0.39 is 5.91 Å². The molecule has 0 aliphatic heterocycles. The van der Waals surface area contributed by atoms with Gasteiger partial charge in [0.1, 0.15) is 12.3 Å². The lowest BCUT2D eigenvalue weighted by Crippen LogP contribution is -2.29. The molecule has 0 aliphatic carbocycles. The van der Waals surface area contributed by atoms with Crippen molar-refractivity contribution in [3.63, 3.8) is 0 Å². The molecule has 0 spiro atoms. The number of aromatic nitrogens is 5. The normalized spacial score (nSPS) is 10.8. The number of pyridine rings is 1. The van der Waals surface area contributed by atoms with Gasteiger partial charge in [-0.15, -0.1) is 0 Å². The van der Waals surface area contributed by atoms with Crippen LogP contribution in [0.5, 0.6) is 6.01 Å². The van der Waals surface area contributed by atoms with Gasteiger partial charge in [0, 0.05) is 36.6 Å². The molecule has 1 amide bonds. The number of rotatable bonds is 7. The number of nitrogens with one attached hydrogen (secondary N) is 2. The Labute approximate surface area is 173 Å². The molecule has 0 unspecified atom stereocenters. The van der Waals surface area contributed by atoms with Crippen molar-refractivity contribution in [2.24, 2.45) is 7.05 Å². The zero-order valence-electron chi connectivity index (χ0n) is 17.3. The monoisotopic (exact) mass is 412 g/mol. The molecule has 158 valence electrons. The predicted molar refractivity (Wildman–Crippen MR) is 109 cm³/mol. The number of aliphatic hydroxyl groups excluding tert-OH is 1. The molecular formula is C20H24N6O4. The zero-order chi connectivity index (χ0) is 21.8. The van der Waals surface area contributed by atoms with Crippen LogP contribution in [0.15, 0.2) is 23.1 Å².